The summed E-state index contributed by atoms with van der Waals surface area (Å²) in [4.78, 5) is 30.6. The van der Waals surface area contributed by atoms with Crippen molar-refractivity contribution in [1.82, 2.24) is 9.55 Å². The number of nitrogens with zero attached hydrogens (tertiary/aromatic N) is 3. The average Bonchev–Trinajstić information content (AvgIpc) is 2.60. The molecule has 0 aliphatic carbocycles. The molecule has 1 aromatic heterocycles. The molecule has 0 aliphatic rings. The topological polar surface area (TPSA) is 67.2 Å². The van der Waals surface area contributed by atoms with Gasteiger partial charge in [0.05, 0.1) is 6.33 Å². The van der Waals surface area contributed by atoms with Crippen molar-refractivity contribution in [3.63, 3.8) is 0 Å². The molecule has 2 rings (SSSR count). The van der Waals surface area contributed by atoms with Crippen LogP contribution in [-0.2, 0) is 17.8 Å². The summed E-state index contributed by atoms with van der Waals surface area (Å²) in [5.41, 5.74) is 2.39. The first kappa shape index (κ1) is 18.7. The molecule has 134 valence electrons. The summed E-state index contributed by atoms with van der Waals surface area (Å²) in [5.74, 6) is -0.247. The van der Waals surface area contributed by atoms with E-state index in [1.165, 1.54) is 17.0 Å². The van der Waals surface area contributed by atoms with Gasteiger partial charge in [-0.15, -0.1) is 0 Å². The second-order valence-electron chi connectivity index (χ2n) is 5.86. The molecule has 0 saturated heterocycles. The summed E-state index contributed by atoms with van der Waals surface area (Å²) in [5, 5.41) is 2.81. The molecule has 25 heavy (non-hydrogen) atoms. The van der Waals surface area contributed by atoms with Crippen LogP contribution in [0.3, 0.4) is 0 Å². The van der Waals surface area contributed by atoms with Gasteiger partial charge in [0.2, 0.25) is 5.91 Å². The number of carbonyl (C=O) groups excluding carboxylic acids is 1. The molecule has 1 aromatic carbocycles. The van der Waals surface area contributed by atoms with Crippen LogP contribution < -0.4 is 15.8 Å². The van der Waals surface area contributed by atoms with Crippen LogP contribution in [0.2, 0.25) is 0 Å². The van der Waals surface area contributed by atoms with E-state index in [-0.39, 0.29) is 18.0 Å². The van der Waals surface area contributed by atoms with Crippen LogP contribution in [0.15, 0.2) is 41.5 Å². The fourth-order valence-electron chi connectivity index (χ4n) is 2.67. The summed E-state index contributed by atoms with van der Waals surface area (Å²) < 4.78 is 1.32. The minimum absolute atomic E-state index is 0.0456. The van der Waals surface area contributed by atoms with E-state index in [9.17, 15) is 9.59 Å². The summed E-state index contributed by atoms with van der Waals surface area (Å²) in [6.07, 6.45) is 3.14. The van der Waals surface area contributed by atoms with Gasteiger partial charge in [-0.25, -0.2) is 4.98 Å². The maximum absolute atomic E-state index is 12.2. The lowest BCUT2D eigenvalue weighted by molar-refractivity contribution is -0.116. The molecule has 6 heteroatoms. The van der Waals surface area contributed by atoms with Crippen molar-refractivity contribution in [3.05, 3.63) is 52.7 Å². The molecule has 0 saturated carbocycles. The van der Waals surface area contributed by atoms with Gasteiger partial charge in [0, 0.05) is 36.2 Å². The number of nitrogens with one attached hydrogen (secondary N) is 1. The van der Waals surface area contributed by atoms with Crippen molar-refractivity contribution in [2.75, 3.05) is 23.3 Å². The highest BCUT2D eigenvalue weighted by Crippen LogP contribution is 2.17. The average molecular weight is 342 g/mol. The summed E-state index contributed by atoms with van der Waals surface area (Å²) in [7, 11) is 0. The molecule has 1 amide bonds. The van der Waals surface area contributed by atoms with Gasteiger partial charge in [-0.2, -0.15) is 0 Å². The number of rotatable bonds is 8. The van der Waals surface area contributed by atoms with Crippen LogP contribution in [0, 0.1) is 0 Å². The van der Waals surface area contributed by atoms with E-state index in [1.54, 1.807) is 0 Å². The van der Waals surface area contributed by atoms with Gasteiger partial charge in [-0.1, -0.05) is 13.3 Å². The van der Waals surface area contributed by atoms with E-state index >= 15 is 0 Å². The molecule has 0 unspecified atom stereocenters. The van der Waals surface area contributed by atoms with Crippen LogP contribution in [0.4, 0.5) is 11.4 Å². The number of aryl methyl sites for hydroxylation is 1. The Kier molecular flexibility index (Phi) is 6.74. The quantitative estimate of drug-likeness (QED) is 0.801. The highest BCUT2D eigenvalue weighted by Gasteiger charge is 2.07. The zero-order valence-corrected chi connectivity index (χ0v) is 15.2. The Labute approximate surface area is 148 Å². The third-order valence-corrected chi connectivity index (χ3v) is 4.04. The number of aromatic nitrogens is 2. The molecule has 1 heterocycles. The maximum Gasteiger partial charge on any atom is 0.253 e. The lowest BCUT2D eigenvalue weighted by atomic mass is 10.2. The fourth-order valence-corrected chi connectivity index (χ4v) is 2.67. The number of hydrogen-bond acceptors (Lipinski definition) is 4. The standard InChI is InChI=1S/C19H26N4O2/c1-4-7-16-12-19(25)23(14-20-16)13-18(24)21-15-8-10-17(11-9-15)22(5-2)6-3/h8-12,14H,4-7,13H2,1-3H3,(H,21,24). The lowest BCUT2D eigenvalue weighted by Gasteiger charge is -2.21. The van der Waals surface area contributed by atoms with Gasteiger partial charge in [0.1, 0.15) is 6.54 Å². The smallest absolute Gasteiger partial charge is 0.253 e. The number of benzene rings is 1. The molecular formula is C19H26N4O2. The molecule has 0 radical (unpaired) electrons. The molecule has 6 nitrogen and oxygen atoms in total. The van der Waals surface area contributed by atoms with E-state index < -0.39 is 0 Å². The number of carbonyl (C=O) groups is 1. The number of hydrogen-bond donors (Lipinski definition) is 1. The summed E-state index contributed by atoms with van der Waals surface area (Å²) >= 11 is 0. The molecule has 0 fully saturated rings. The van der Waals surface area contributed by atoms with Crippen LogP contribution in [0.5, 0.6) is 0 Å². The van der Waals surface area contributed by atoms with Crippen LogP contribution >= 0.6 is 0 Å². The van der Waals surface area contributed by atoms with Crippen molar-refractivity contribution >= 4 is 17.3 Å². The van der Waals surface area contributed by atoms with Crippen molar-refractivity contribution in [3.8, 4) is 0 Å². The first-order valence-electron chi connectivity index (χ1n) is 8.77. The Bertz CT molecular complexity index is 749. The summed E-state index contributed by atoms with van der Waals surface area (Å²) in [6.45, 7) is 8.08. The van der Waals surface area contributed by atoms with Gasteiger partial charge >= 0.3 is 0 Å². The highest BCUT2D eigenvalue weighted by atomic mass is 16.2. The number of amides is 1. The third kappa shape index (κ3) is 5.17. The predicted molar refractivity (Wildman–Crippen MR) is 101 cm³/mol. The first-order valence-corrected chi connectivity index (χ1v) is 8.77. The van der Waals surface area contributed by atoms with E-state index in [4.69, 9.17) is 0 Å². The molecule has 0 bridgehead atoms. The Hall–Kier alpha value is -2.63. The van der Waals surface area contributed by atoms with Gasteiger partial charge in [0.15, 0.2) is 0 Å². The lowest BCUT2D eigenvalue weighted by Crippen LogP contribution is -2.28. The number of anilines is 2. The highest BCUT2D eigenvalue weighted by molar-refractivity contribution is 5.90. The SMILES string of the molecule is CCCc1cc(=O)n(CC(=O)Nc2ccc(N(CC)CC)cc2)cn1. The largest absolute Gasteiger partial charge is 0.372 e. The summed E-state index contributed by atoms with van der Waals surface area (Å²) in [6, 6.07) is 9.20. The Morgan fingerprint density at radius 1 is 1.16 bits per heavy atom. The van der Waals surface area contributed by atoms with Gasteiger partial charge in [0.25, 0.3) is 5.56 Å². The molecule has 0 aliphatic heterocycles. The zero-order valence-electron chi connectivity index (χ0n) is 15.2. The fraction of sp³-hybridized carbons (Fsp3) is 0.421. The van der Waals surface area contributed by atoms with E-state index in [2.05, 4.69) is 29.0 Å². The zero-order chi connectivity index (χ0) is 18.2. The van der Waals surface area contributed by atoms with Crippen molar-refractivity contribution in [1.29, 1.82) is 0 Å². The first-order chi connectivity index (χ1) is 12.1. The minimum Gasteiger partial charge on any atom is -0.372 e. The molecule has 1 N–H and O–H groups in total. The van der Waals surface area contributed by atoms with Crippen molar-refractivity contribution in [2.24, 2.45) is 0 Å². The Morgan fingerprint density at radius 3 is 2.40 bits per heavy atom. The van der Waals surface area contributed by atoms with E-state index in [0.717, 1.165) is 37.3 Å². The van der Waals surface area contributed by atoms with Crippen LogP contribution in [0.25, 0.3) is 0 Å². The Balaban J connectivity index is 1.99. The van der Waals surface area contributed by atoms with E-state index in [1.807, 2.05) is 31.2 Å². The van der Waals surface area contributed by atoms with Gasteiger partial charge < -0.3 is 10.2 Å². The monoisotopic (exact) mass is 342 g/mol. The normalized spacial score (nSPS) is 10.5. The van der Waals surface area contributed by atoms with Crippen molar-refractivity contribution < 1.29 is 4.79 Å². The third-order valence-electron chi connectivity index (χ3n) is 4.04. The van der Waals surface area contributed by atoms with Crippen LogP contribution in [0.1, 0.15) is 32.9 Å². The molecule has 0 atom stereocenters. The molecule has 2 aromatic rings. The molecule has 0 spiro atoms. The Morgan fingerprint density at radius 2 is 1.84 bits per heavy atom. The maximum atomic E-state index is 12.2. The predicted octanol–water partition coefficient (Wildman–Crippen LogP) is 2.68. The van der Waals surface area contributed by atoms with Gasteiger partial charge in [-0.05, 0) is 44.5 Å². The second-order valence-corrected chi connectivity index (χ2v) is 5.86. The van der Waals surface area contributed by atoms with Crippen LogP contribution in [-0.4, -0.2) is 28.5 Å². The second kappa shape index (κ2) is 9.01. The van der Waals surface area contributed by atoms with Gasteiger partial charge in [-0.3, -0.25) is 14.2 Å². The minimum atomic E-state index is -0.247. The van der Waals surface area contributed by atoms with E-state index in [0.29, 0.717) is 5.69 Å². The molecular weight excluding hydrogens is 316 g/mol. The van der Waals surface area contributed by atoms with Crippen molar-refractivity contribution in [2.45, 2.75) is 40.2 Å².